The maximum atomic E-state index is 12.6. The summed E-state index contributed by atoms with van der Waals surface area (Å²) in [6.07, 6.45) is 8.08. The molecule has 1 atom stereocenters. The van der Waals surface area contributed by atoms with Gasteiger partial charge in [0.15, 0.2) is 11.5 Å². The zero-order chi connectivity index (χ0) is 20.2. The standard InChI is InChI=1S/C20H30N6O3/c1-3-10-29-20(27)26-17-16(18(24-26)25-9-11-28-14(2)13-25)12-21-19(23-17)22-15-7-5-4-6-8-15/h12,14-15H,3-11,13H2,1-2H3,(H,21,22,23)/t14-/m0/s1. The molecule has 2 fully saturated rings. The zero-order valence-corrected chi connectivity index (χ0v) is 17.3. The lowest BCUT2D eigenvalue weighted by atomic mass is 9.96. The molecule has 1 saturated carbocycles. The fourth-order valence-electron chi connectivity index (χ4n) is 4.01. The first-order valence-corrected chi connectivity index (χ1v) is 10.7. The van der Waals surface area contributed by atoms with E-state index < -0.39 is 6.09 Å². The molecule has 0 radical (unpaired) electrons. The molecule has 0 aromatic carbocycles. The Labute approximate surface area is 170 Å². The number of carbonyl (C=O) groups is 1. The minimum atomic E-state index is -0.508. The van der Waals surface area contributed by atoms with E-state index >= 15 is 0 Å². The third-order valence-electron chi connectivity index (χ3n) is 5.49. The Balaban J connectivity index is 1.67. The van der Waals surface area contributed by atoms with Crippen molar-refractivity contribution < 1.29 is 14.3 Å². The summed E-state index contributed by atoms with van der Waals surface area (Å²) in [6, 6.07) is 0.379. The first kappa shape index (κ1) is 19.9. The molecule has 2 aromatic rings. The Morgan fingerprint density at radius 1 is 1.34 bits per heavy atom. The molecule has 3 heterocycles. The molecule has 2 aromatic heterocycles. The second-order valence-corrected chi connectivity index (χ2v) is 7.89. The van der Waals surface area contributed by atoms with Crippen molar-refractivity contribution in [3.8, 4) is 0 Å². The summed E-state index contributed by atoms with van der Waals surface area (Å²) < 4.78 is 12.2. The summed E-state index contributed by atoms with van der Waals surface area (Å²) in [5.74, 6) is 1.24. The summed E-state index contributed by atoms with van der Waals surface area (Å²) in [6.45, 7) is 6.38. The van der Waals surface area contributed by atoms with Crippen LogP contribution in [0.15, 0.2) is 6.20 Å². The number of carbonyl (C=O) groups excluding carboxylic acids is 1. The number of nitrogens with zero attached hydrogens (tertiary/aromatic N) is 5. The van der Waals surface area contributed by atoms with Gasteiger partial charge in [-0.1, -0.05) is 26.2 Å². The highest BCUT2D eigenvalue weighted by atomic mass is 16.6. The van der Waals surface area contributed by atoms with Crippen LogP contribution < -0.4 is 10.2 Å². The number of morpholine rings is 1. The predicted molar refractivity (Wildman–Crippen MR) is 110 cm³/mol. The minimum absolute atomic E-state index is 0.101. The monoisotopic (exact) mass is 402 g/mol. The summed E-state index contributed by atoms with van der Waals surface area (Å²) >= 11 is 0. The number of hydrogen-bond acceptors (Lipinski definition) is 8. The molecule has 0 unspecified atom stereocenters. The number of fused-ring (bicyclic) bond motifs is 1. The van der Waals surface area contributed by atoms with Gasteiger partial charge < -0.3 is 19.7 Å². The molecule has 0 spiro atoms. The lowest BCUT2D eigenvalue weighted by Crippen LogP contribution is -2.41. The van der Waals surface area contributed by atoms with Crippen molar-refractivity contribution in [2.45, 2.75) is 64.5 Å². The summed E-state index contributed by atoms with van der Waals surface area (Å²) in [7, 11) is 0. The number of ether oxygens (including phenoxy) is 2. The molecule has 0 amide bonds. The second-order valence-electron chi connectivity index (χ2n) is 7.89. The average molecular weight is 402 g/mol. The molecule has 9 nitrogen and oxygen atoms in total. The van der Waals surface area contributed by atoms with E-state index in [1.165, 1.54) is 23.9 Å². The first-order valence-electron chi connectivity index (χ1n) is 10.7. The van der Waals surface area contributed by atoms with Crippen molar-refractivity contribution in [3.05, 3.63) is 6.20 Å². The van der Waals surface area contributed by atoms with Crippen LogP contribution in [0.3, 0.4) is 0 Å². The topological polar surface area (TPSA) is 94.4 Å². The highest BCUT2D eigenvalue weighted by Gasteiger charge is 2.26. The van der Waals surface area contributed by atoms with E-state index in [4.69, 9.17) is 9.47 Å². The normalized spacial score (nSPS) is 20.8. The third-order valence-corrected chi connectivity index (χ3v) is 5.49. The van der Waals surface area contributed by atoms with E-state index in [1.54, 1.807) is 6.20 Å². The Morgan fingerprint density at radius 3 is 2.93 bits per heavy atom. The fourth-order valence-corrected chi connectivity index (χ4v) is 4.01. The molecule has 9 heteroatoms. The van der Waals surface area contributed by atoms with Crippen LogP contribution >= 0.6 is 0 Å². The van der Waals surface area contributed by atoms with Crippen LogP contribution in [0, 0.1) is 0 Å². The van der Waals surface area contributed by atoms with E-state index in [-0.39, 0.29) is 6.10 Å². The largest absolute Gasteiger partial charge is 0.448 e. The Morgan fingerprint density at radius 2 is 2.17 bits per heavy atom. The van der Waals surface area contributed by atoms with E-state index in [2.05, 4.69) is 25.3 Å². The average Bonchev–Trinajstić information content (AvgIpc) is 3.12. The molecular weight excluding hydrogens is 372 g/mol. The van der Waals surface area contributed by atoms with Gasteiger partial charge >= 0.3 is 6.09 Å². The lowest BCUT2D eigenvalue weighted by molar-refractivity contribution is 0.0530. The van der Waals surface area contributed by atoms with Crippen LogP contribution in [-0.4, -0.2) is 64.3 Å². The molecule has 1 aliphatic heterocycles. The zero-order valence-electron chi connectivity index (χ0n) is 17.3. The highest BCUT2D eigenvalue weighted by Crippen LogP contribution is 2.28. The number of rotatable bonds is 5. The van der Waals surface area contributed by atoms with Gasteiger partial charge in [0.25, 0.3) is 0 Å². The molecule has 158 valence electrons. The van der Waals surface area contributed by atoms with Crippen molar-refractivity contribution >= 4 is 28.9 Å². The minimum Gasteiger partial charge on any atom is -0.448 e. The maximum absolute atomic E-state index is 12.6. The summed E-state index contributed by atoms with van der Waals surface area (Å²) in [5.41, 5.74) is 0.480. The van der Waals surface area contributed by atoms with E-state index in [0.29, 0.717) is 49.8 Å². The van der Waals surface area contributed by atoms with Crippen molar-refractivity contribution in [1.82, 2.24) is 19.7 Å². The summed E-state index contributed by atoms with van der Waals surface area (Å²) in [5, 5.41) is 8.75. The van der Waals surface area contributed by atoms with Crippen LogP contribution in [0.1, 0.15) is 52.4 Å². The van der Waals surface area contributed by atoms with Gasteiger partial charge in [0.05, 0.1) is 24.7 Å². The molecule has 2 aliphatic rings. The molecule has 1 N–H and O–H groups in total. The Hall–Kier alpha value is -2.42. The molecule has 4 rings (SSSR count). The quantitative estimate of drug-likeness (QED) is 0.815. The van der Waals surface area contributed by atoms with Gasteiger partial charge in [0.1, 0.15) is 0 Å². The number of nitrogens with one attached hydrogen (secondary N) is 1. The van der Waals surface area contributed by atoms with Crippen LogP contribution in [0.4, 0.5) is 16.6 Å². The highest BCUT2D eigenvalue weighted by molar-refractivity contribution is 5.93. The lowest BCUT2D eigenvalue weighted by Gasteiger charge is -2.31. The van der Waals surface area contributed by atoms with Gasteiger partial charge in [0, 0.05) is 25.3 Å². The number of anilines is 2. The molecule has 1 saturated heterocycles. The molecular formula is C20H30N6O3. The van der Waals surface area contributed by atoms with Crippen LogP contribution in [0.2, 0.25) is 0 Å². The molecule has 29 heavy (non-hydrogen) atoms. The second kappa shape index (κ2) is 8.94. The van der Waals surface area contributed by atoms with Gasteiger partial charge in [-0.25, -0.2) is 9.78 Å². The van der Waals surface area contributed by atoms with E-state index in [0.717, 1.165) is 24.6 Å². The van der Waals surface area contributed by atoms with Crippen molar-refractivity contribution in [1.29, 1.82) is 0 Å². The van der Waals surface area contributed by atoms with Crippen molar-refractivity contribution in [3.63, 3.8) is 0 Å². The van der Waals surface area contributed by atoms with Crippen molar-refractivity contribution in [2.24, 2.45) is 0 Å². The van der Waals surface area contributed by atoms with Gasteiger partial charge in [-0.05, 0) is 26.2 Å². The van der Waals surface area contributed by atoms with Gasteiger partial charge in [-0.2, -0.15) is 4.98 Å². The maximum Gasteiger partial charge on any atom is 0.436 e. The molecule has 1 aliphatic carbocycles. The molecule has 0 bridgehead atoms. The van der Waals surface area contributed by atoms with E-state index in [9.17, 15) is 4.79 Å². The SMILES string of the molecule is CCCOC(=O)n1nc(N2CCO[C@@H](C)C2)c2cnc(NC3CCCCC3)nc21. The number of aromatic nitrogens is 4. The number of hydrogen-bond donors (Lipinski definition) is 1. The van der Waals surface area contributed by atoms with Crippen molar-refractivity contribution in [2.75, 3.05) is 36.5 Å². The van der Waals surface area contributed by atoms with Crippen LogP contribution in [0.5, 0.6) is 0 Å². The van der Waals surface area contributed by atoms with Gasteiger partial charge in [0.2, 0.25) is 5.95 Å². The summed E-state index contributed by atoms with van der Waals surface area (Å²) in [4.78, 5) is 23.9. The Kier molecular flexibility index (Phi) is 6.13. The smallest absolute Gasteiger partial charge is 0.436 e. The van der Waals surface area contributed by atoms with Gasteiger partial charge in [-0.15, -0.1) is 9.78 Å². The predicted octanol–water partition coefficient (Wildman–Crippen LogP) is 3.19. The third kappa shape index (κ3) is 4.44. The first-order chi connectivity index (χ1) is 14.2. The van der Waals surface area contributed by atoms with Crippen LogP contribution in [0.25, 0.3) is 11.0 Å². The van der Waals surface area contributed by atoms with Crippen LogP contribution in [-0.2, 0) is 9.47 Å². The van der Waals surface area contributed by atoms with E-state index in [1.807, 2.05) is 13.8 Å². The fraction of sp³-hybridized carbons (Fsp3) is 0.700. The Bertz CT molecular complexity index is 848. The van der Waals surface area contributed by atoms with Gasteiger partial charge in [-0.3, -0.25) is 0 Å².